The highest BCUT2D eigenvalue weighted by molar-refractivity contribution is 7.09. The maximum absolute atomic E-state index is 5.58. The van der Waals surface area contributed by atoms with Crippen molar-refractivity contribution in [2.24, 2.45) is 0 Å². The van der Waals surface area contributed by atoms with Gasteiger partial charge in [-0.15, -0.1) is 26.9 Å². The third-order valence-corrected chi connectivity index (χ3v) is 2.81. The van der Waals surface area contributed by atoms with E-state index in [1.807, 2.05) is 6.92 Å². The first kappa shape index (κ1) is 10.5. The third-order valence-electron chi connectivity index (χ3n) is 1.86. The van der Waals surface area contributed by atoms with Gasteiger partial charge in [0, 0.05) is 12.3 Å². The Labute approximate surface area is 95.6 Å². The second-order valence-electron chi connectivity index (χ2n) is 2.84. The van der Waals surface area contributed by atoms with Gasteiger partial charge in [-0.2, -0.15) is 0 Å². The van der Waals surface area contributed by atoms with Crippen molar-refractivity contribution in [2.45, 2.75) is 19.8 Å². The van der Waals surface area contributed by atoms with E-state index in [1.54, 1.807) is 0 Å². The predicted molar refractivity (Wildman–Crippen MR) is 57.0 cm³/mol. The zero-order valence-corrected chi connectivity index (χ0v) is 9.68. The molecule has 80 valence electrons. The van der Waals surface area contributed by atoms with Crippen LogP contribution in [0, 0.1) is 0 Å². The SMILES string of the molecule is CCc1nnsc1-c1nnc(CCCl)o1. The van der Waals surface area contributed by atoms with Gasteiger partial charge in [-0.25, -0.2) is 0 Å². The second-order valence-corrected chi connectivity index (χ2v) is 3.97. The molecule has 0 saturated heterocycles. The van der Waals surface area contributed by atoms with Crippen LogP contribution in [0.1, 0.15) is 18.5 Å². The fourth-order valence-electron chi connectivity index (χ4n) is 1.13. The van der Waals surface area contributed by atoms with Gasteiger partial charge in [-0.3, -0.25) is 0 Å². The van der Waals surface area contributed by atoms with Gasteiger partial charge in [0.15, 0.2) is 0 Å². The van der Waals surface area contributed by atoms with Gasteiger partial charge in [0.1, 0.15) is 4.88 Å². The van der Waals surface area contributed by atoms with Crippen molar-refractivity contribution < 1.29 is 4.42 Å². The van der Waals surface area contributed by atoms with Gasteiger partial charge in [-0.1, -0.05) is 11.4 Å². The Bertz CT molecular complexity index is 441. The summed E-state index contributed by atoms with van der Waals surface area (Å²) in [6.45, 7) is 2.01. The van der Waals surface area contributed by atoms with Gasteiger partial charge < -0.3 is 4.42 Å². The van der Waals surface area contributed by atoms with Gasteiger partial charge in [0.2, 0.25) is 5.89 Å². The van der Waals surface area contributed by atoms with Gasteiger partial charge >= 0.3 is 0 Å². The molecule has 0 bridgehead atoms. The van der Waals surface area contributed by atoms with Crippen LogP contribution in [0.3, 0.4) is 0 Å². The molecular formula is C8H9ClN4OS. The van der Waals surface area contributed by atoms with E-state index in [0.717, 1.165) is 17.0 Å². The minimum Gasteiger partial charge on any atom is -0.420 e. The average molecular weight is 245 g/mol. The monoisotopic (exact) mass is 244 g/mol. The average Bonchev–Trinajstić information content (AvgIpc) is 2.84. The van der Waals surface area contributed by atoms with Crippen molar-refractivity contribution in [2.75, 3.05) is 5.88 Å². The Morgan fingerprint density at radius 1 is 1.33 bits per heavy atom. The van der Waals surface area contributed by atoms with E-state index < -0.39 is 0 Å². The molecule has 0 spiro atoms. The summed E-state index contributed by atoms with van der Waals surface area (Å²) in [4.78, 5) is 0.853. The third kappa shape index (κ3) is 2.15. The fourth-order valence-corrected chi connectivity index (χ4v) is 1.96. The second kappa shape index (κ2) is 4.67. The van der Waals surface area contributed by atoms with Crippen LogP contribution in [-0.2, 0) is 12.8 Å². The zero-order chi connectivity index (χ0) is 10.7. The molecule has 2 aromatic heterocycles. The van der Waals surface area contributed by atoms with Crippen LogP contribution in [-0.4, -0.2) is 25.7 Å². The molecule has 0 aliphatic heterocycles. The van der Waals surface area contributed by atoms with Crippen molar-refractivity contribution in [1.29, 1.82) is 0 Å². The molecule has 0 amide bonds. The van der Waals surface area contributed by atoms with Gasteiger partial charge in [0.25, 0.3) is 5.89 Å². The van der Waals surface area contributed by atoms with Crippen LogP contribution >= 0.6 is 23.1 Å². The summed E-state index contributed by atoms with van der Waals surface area (Å²) in [7, 11) is 0. The lowest BCUT2D eigenvalue weighted by Gasteiger charge is -1.90. The van der Waals surface area contributed by atoms with Gasteiger partial charge in [0.05, 0.1) is 5.69 Å². The topological polar surface area (TPSA) is 64.7 Å². The van der Waals surface area contributed by atoms with Crippen LogP contribution in [0.15, 0.2) is 4.42 Å². The largest absolute Gasteiger partial charge is 0.420 e. The molecule has 2 heterocycles. The Morgan fingerprint density at radius 3 is 2.93 bits per heavy atom. The van der Waals surface area contributed by atoms with Crippen molar-refractivity contribution in [3.8, 4) is 10.8 Å². The molecule has 0 atom stereocenters. The first-order valence-electron chi connectivity index (χ1n) is 4.55. The van der Waals surface area contributed by atoms with E-state index in [1.165, 1.54) is 11.5 Å². The van der Waals surface area contributed by atoms with Crippen molar-refractivity contribution >= 4 is 23.1 Å². The summed E-state index contributed by atoms with van der Waals surface area (Å²) < 4.78 is 9.30. The molecule has 7 heteroatoms. The summed E-state index contributed by atoms with van der Waals surface area (Å²) in [6.07, 6.45) is 1.39. The molecule has 5 nitrogen and oxygen atoms in total. The number of aryl methyl sites for hydroxylation is 2. The number of alkyl halides is 1. The molecule has 0 unspecified atom stereocenters. The number of hydrogen-bond acceptors (Lipinski definition) is 6. The summed E-state index contributed by atoms with van der Waals surface area (Å²) >= 11 is 6.85. The minimum atomic E-state index is 0.475. The van der Waals surface area contributed by atoms with Crippen molar-refractivity contribution in [1.82, 2.24) is 19.8 Å². The normalized spacial score (nSPS) is 10.8. The lowest BCUT2D eigenvalue weighted by atomic mass is 10.3. The van der Waals surface area contributed by atoms with E-state index in [4.69, 9.17) is 16.0 Å². The number of rotatable bonds is 4. The number of halogens is 1. The maximum Gasteiger partial charge on any atom is 0.261 e. The van der Waals surface area contributed by atoms with Crippen LogP contribution in [0.4, 0.5) is 0 Å². The summed E-state index contributed by atoms with van der Waals surface area (Å²) in [5.74, 6) is 1.51. The Morgan fingerprint density at radius 2 is 2.20 bits per heavy atom. The van der Waals surface area contributed by atoms with Gasteiger partial charge in [-0.05, 0) is 18.0 Å². The molecule has 0 radical (unpaired) electrons. The lowest BCUT2D eigenvalue weighted by Crippen LogP contribution is -1.84. The molecule has 0 aromatic carbocycles. The van der Waals surface area contributed by atoms with Crippen LogP contribution in [0.5, 0.6) is 0 Å². The molecule has 0 saturated carbocycles. The molecular weight excluding hydrogens is 236 g/mol. The molecule has 2 rings (SSSR count). The van der Waals surface area contributed by atoms with E-state index in [-0.39, 0.29) is 0 Å². The number of hydrogen-bond donors (Lipinski definition) is 0. The van der Waals surface area contributed by atoms with Crippen LogP contribution in [0.2, 0.25) is 0 Å². The highest BCUT2D eigenvalue weighted by Crippen LogP contribution is 2.25. The summed E-state index contributed by atoms with van der Waals surface area (Å²) in [5.41, 5.74) is 0.890. The quantitative estimate of drug-likeness (QED) is 0.769. The molecule has 0 aliphatic carbocycles. The first-order valence-corrected chi connectivity index (χ1v) is 5.86. The molecule has 0 fully saturated rings. The standard InChI is InChI=1S/C8H9ClN4OS/c1-2-5-7(15-13-10-5)8-12-11-6(14-8)3-4-9/h2-4H2,1H3. The molecule has 0 aliphatic rings. The van der Waals surface area contributed by atoms with E-state index in [2.05, 4.69) is 19.8 Å². The fraction of sp³-hybridized carbons (Fsp3) is 0.500. The van der Waals surface area contributed by atoms with E-state index in [0.29, 0.717) is 24.1 Å². The minimum absolute atomic E-state index is 0.475. The summed E-state index contributed by atoms with van der Waals surface area (Å²) in [5, 5.41) is 11.8. The maximum atomic E-state index is 5.58. The van der Waals surface area contributed by atoms with Crippen LogP contribution in [0.25, 0.3) is 10.8 Å². The lowest BCUT2D eigenvalue weighted by molar-refractivity contribution is 0.514. The highest BCUT2D eigenvalue weighted by atomic mass is 35.5. The summed E-state index contributed by atoms with van der Waals surface area (Å²) in [6, 6.07) is 0. The number of aromatic nitrogens is 4. The van der Waals surface area contributed by atoms with E-state index in [9.17, 15) is 0 Å². The highest BCUT2D eigenvalue weighted by Gasteiger charge is 2.15. The zero-order valence-electron chi connectivity index (χ0n) is 8.10. The Kier molecular flexibility index (Phi) is 3.27. The molecule has 15 heavy (non-hydrogen) atoms. The molecule has 2 aromatic rings. The Balaban J connectivity index is 2.28. The predicted octanol–water partition coefficient (Wildman–Crippen LogP) is 1.93. The van der Waals surface area contributed by atoms with Crippen molar-refractivity contribution in [3.05, 3.63) is 11.6 Å². The van der Waals surface area contributed by atoms with Crippen LogP contribution < -0.4 is 0 Å². The van der Waals surface area contributed by atoms with Crippen molar-refractivity contribution in [3.63, 3.8) is 0 Å². The number of nitrogens with zero attached hydrogens (tertiary/aromatic N) is 4. The Hall–Kier alpha value is -1.01. The first-order chi connectivity index (χ1) is 7.35. The van der Waals surface area contributed by atoms with E-state index >= 15 is 0 Å². The smallest absolute Gasteiger partial charge is 0.261 e. The molecule has 0 N–H and O–H groups in total.